The van der Waals surface area contributed by atoms with E-state index in [0.29, 0.717) is 17.5 Å². The lowest BCUT2D eigenvalue weighted by molar-refractivity contribution is 0.253. The molecule has 0 aliphatic carbocycles. The number of aryl methyl sites for hydroxylation is 1. The minimum atomic E-state index is -0.0725. The predicted molar refractivity (Wildman–Crippen MR) is 81.2 cm³/mol. The van der Waals surface area contributed by atoms with Gasteiger partial charge in [0.1, 0.15) is 5.75 Å². The van der Waals surface area contributed by atoms with Gasteiger partial charge in [-0.3, -0.25) is 0 Å². The van der Waals surface area contributed by atoms with E-state index in [0.717, 1.165) is 16.7 Å². The van der Waals surface area contributed by atoms with E-state index in [9.17, 15) is 5.11 Å². The molecule has 22 heavy (non-hydrogen) atoms. The van der Waals surface area contributed by atoms with Crippen LogP contribution in [0.4, 0.5) is 0 Å². The van der Waals surface area contributed by atoms with Gasteiger partial charge in [0.25, 0.3) is 5.89 Å². The quantitative estimate of drug-likeness (QED) is 0.783. The Morgan fingerprint density at radius 1 is 1.09 bits per heavy atom. The van der Waals surface area contributed by atoms with Gasteiger partial charge in [-0.1, -0.05) is 41.6 Å². The molecule has 1 heterocycles. The largest absolute Gasteiger partial charge is 0.485 e. The molecule has 112 valence electrons. The molecule has 1 N–H and O–H groups in total. The second kappa shape index (κ2) is 6.41. The van der Waals surface area contributed by atoms with Crippen LogP contribution in [-0.4, -0.2) is 15.2 Å². The van der Waals surface area contributed by atoms with Crippen molar-refractivity contribution < 1.29 is 14.4 Å². The molecule has 0 bridgehead atoms. The Morgan fingerprint density at radius 2 is 1.86 bits per heavy atom. The van der Waals surface area contributed by atoms with Crippen LogP contribution in [0.1, 0.15) is 17.0 Å². The van der Waals surface area contributed by atoms with Gasteiger partial charge in [0.2, 0.25) is 5.82 Å². The summed E-state index contributed by atoms with van der Waals surface area (Å²) in [5, 5.41) is 13.2. The van der Waals surface area contributed by atoms with Crippen LogP contribution < -0.4 is 4.74 Å². The third-order valence-corrected chi connectivity index (χ3v) is 3.34. The third kappa shape index (κ3) is 2.99. The van der Waals surface area contributed by atoms with E-state index < -0.39 is 0 Å². The van der Waals surface area contributed by atoms with E-state index in [-0.39, 0.29) is 13.2 Å². The van der Waals surface area contributed by atoms with Gasteiger partial charge in [0.15, 0.2) is 6.61 Å². The first-order valence-corrected chi connectivity index (χ1v) is 6.98. The third-order valence-electron chi connectivity index (χ3n) is 3.34. The van der Waals surface area contributed by atoms with Crippen molar-refractivity contribution in [2.45, 2.75) is 20.1 Å². The second-order valence-corrected chi connectivity index (χ2v) is 4.89. The molecule has 3 rings (SSSR count). The van der Waals surface area contributed by atoms with Crippen LogP contribution in [0.15, 0.2) is 53.1 Å². The number of ether oxygens (including phenoxy) is 1. The number of hydrogen-bond acceptors (Lipinski definition) is 5. The summed E-state index contributed by atoms with van der Waals surface area (Å²) >= 11 is 0. The molecule has 0 amide bonds. The van der Waals surface area contributed by atoms with Gasteiger partial charge >= 0.3 is 0 Å². The van der Waals surface area contributed by atoms with E-state index in [1.54, 1.807) is 6.07 Å². The molecule has 0 saturated heterocycles. The molecule has 5 nitrogen and oxygen atoms in total. The molecule has 0 spiro atoms. The van der Waals surface area contributed by atoms with Gasteiger partial charge in [-0.05, 0) is 24.6 Å². The summed E-state index contributed by atoms with van der Waals surface area (Å²) in [5.74, 6) is 1.56. The topological polar surface area (TPSA) is 68.4 Å². The molecule has 0 unspecified atom stereocenters. The molecule has 0 saturated carbocycles. The van der Waals surface area contributed by atoms with Crippen molar-refractivity contribution >= 4 is 0 Å². The van der Waals surface area contributed by atoms with Crippen molar-refractivity contribution in [3.05, 3.63) is 65.5 Å². The molecule has 0 atom stereocenters. The zero-order chi connectivity index (χ0) is 15.4. The summed E-state index contributed by atoms with van der Waals surface area (Å²) in [6, 6.07) is 15.1. The maximum atomic E-state index is 9.27. The van der Waals surface area contributed by atoms with Gasteiger partial charge in [0.05, 0.1) is 6.61 Å². The lowest BCUT2D eigenvalue weighted by Gasteiger charge is -2.07. The Kier molecular flexibility index (Phi) is 4.16. The normalized spacial score (nSPS) is 10.6. The Labute approximate surface area is 128 Å². The van der Waals surface area contributed by atoms with Crippen molar-refractivity contribution in [2.75, 3.05) is 0 Å². The maximum absolute atomic E-state index is 9.27. The Bertz CT molecular complexity index is 768. The van der Waals surface area contributed by atoms with Crippen molar-refractivity contribution in [1.82, 2.24) is 10.1 Å². The van der Waals surface area contributed by atoms with Crippen LogP contribution in [0.25, 0.3) is 11.5 Å². The standard InChI is InChI=1S/C17H16N2O3/c1-12-6-2-4-8-14(12)17-18-16(19-22-17)11-21-15-9-5-3-7-13(15)10-20/h2-9,20H,10-11H2,1H3. The molecule has 0 aliphatic rings. The Hall–Kier alpha value is -2.66. The van der Waals surface area contributed by atoms with E-state index >= 15 is 0 Å². The smallest absolute Gasteiger partial charge is 0.258 e. The average Bonchev–Trinajstić information content (AvgIpc) is 3.02. The number of aliphatic hydroxyl groups excluding tert-OH is 1. The minimum Gasteiger partial charge on any atom is -0.485 e. The molecular weight excluding hydrogens is 280 g/mol. The molecule has 0 fully saturated rings. The van der Waals surface area contributed by atoms with Crippen molar-refractivity contribution in [2.24, 2.45) is 0 Å². The van der Waals surface area contributed by atoms with E-state index in [2.05, 4.69) is 10.1 Å². The summed E-state index contributed by atoms with van der Waals surface area (Å²) < 4.78 is 10.9. The lowest BCUT2D eigenvalue weighted by Crippen LogP contribution is -2.00. The van der Waals surface area contributed by atoms with Crippen molar-refractivity contribution in [1.29, 1.82) is 0 Å². The van der Waals surface area contributed by atoms with Crippen LogP contribution in [0, 0.1) is 6.92 Å². The summed E-state index contributed by atoms with van der Waals surface area (Å²) in [6.07, 6.45) is 0. The molecular formula is C17H16N2O3. The summed E-state index contributed by atoms with van der Waals surface area (Å²) in [7, 11) is 0. The number of aliphatic hydroxyl groups is 1. The van der Waals surface area contributed by atoms with Gasteiger partial charge in [-0.15, -0.1) is 0 Å². The summed E-state index contributed by atoms with van der Waals surface area (Å²) in [6.45, 7) is 2.11. The van der Waals surface area contributed by atoms with Gasteiger partial charge < -0.3 is 14.4 Å². The number of benzene rings is 2. The van der Waals surface area contributed by atoms with Crippen LogP contribution in [0.2, 0.25) is 0 Å². The van der Waals surface area contributed by atoms with Gasteiger partial charge in [-0.25, -0.2) is 0 Å². The molecule has 2 aromatic carbocycles. The first kappa shape index (κ1) is 14.3. The average molecular weight is 296 g/mol. The molecule has 1 aromatic heterocycles. The van der Waals surface area contributed by atoms with Gasteiger partial charge in [0, 0.05) is 11.1 Å². The maximum Gasteiger partial charge on any atom is 0.258 e. The Balaban J connectivity index is 1.74. The number of hydrogen-bond donors (Lipinski definition) is 1. The highest BCUT2D eigenvalue weighted by molar-refractivity contribution is 5.57. The van der Waals surface area contributed by atoms with E-state index in [1.165, 1.54) is 0 Å². The SMILES string of the molecule is Cc1ccccc1-c1nc(COc2ccccc2CO)no1. The molecule has 0 aliphatic heterocycles. The van der Waals surface area contributed by atoms with Crippen LogP contribution in [-0.2, 0) is 13.2 Å². The minimum absolute atomic E-state index is 0.0725. The summed E-state index contributed by atoms with van der Waals surface area (Å²) in [4.78, 5) is 4.35. The zero-order valence-corrected chi connectivity index (χ0v) is 12.2. The fraction of sp³-hybridized carbons (Fsp3) is 0.176. The predicted octanol–water partition coefficient (Wildman–Crippen LogP) is 3.12. The monoisotopic (exact) mass is 296 g/mol. The van der Waals surface area contributed by atoms with Crippen molar-refractivity contribution in [3.63, 3.8) is 0 Å². The lowest BCUT2D eigenvalue weighted by atomic mass is 10.1. The van der Waals surface area contributed by atoms with Crippen LogP contribution in [0.3, 0.4) is 0 Å². The van der Waals surface area contributed by atoms with Crippen LogP contribution in [0.5, 0.6) is 5.75 Å². The number of rotatable bonds is 5. The Morgan fingerprint density at radius 3 is 2.68 bits per heavy atom. The number of nitrogens with zero attached hydrogens (tertiary/aromatic N) is 2. The van der Waals surface area contributed by atoms with E-state index in [4.69, 9.17) is 9.26 Å². The molecule has 5 heteroatoms. The van der Waals surface area contributed by atoms with Crippen LogP contribution >= 0.6 is 0 Å². The highest BCUT2D eigenvalue weighted by Crippen LogP contribution is 2.22. The highest BCUT2D eigenvalue weighted by Gasteiger charge is 2.11. The van der Waals surface area contributed by atoms with Crippen molar-refractivity contribution in [3.8, 4) is 17.2 Å². The van der Waals surface area contributed by atoms with Gasteiger partial charge in [-0.2, -0.15) is 4.98 Å². The molecule has 3 aromatic rings. The highest BCUT2D eigenvalue weighted by atomic mass is 16.5. The molecule has 0 radical (unpaired) electrons. The number of para-hydroxylation sites is 1. The van der Waals surface area contributed by atoms with E-state index in [1.807, 2.05) is 49.4 Å². The second-order valence-electron chi connectivity index (χ2n) is 4.89. The first-order valence-electron chi connectivity index (χ1n) is 6.98. The fourth-order valence-corrected chi connectivity index (χ4v) is 2.15. The zero-order valence-electron chi connectivity index (χ0n) is 12.2. The fourth-order valence-electron chi connectivity index (χ4n) is 2.15. The number of aromatic nitrogens is 2. The summed E-state index contributed by atoms with van der Waals surface area (Å²) in [5.41, 5.74) is 2.71. The first-order chi connectivity index (χ1) is 10.8.